The summed E-state index contributed by atoms with van der Waals surface area (Å²) >= 11 is 7.53. The number of thiophene rings is 1. The zero-order valence-corrected chi connectivity index (χ0v) is 17.0. The molecule has 0 aliphatic carbocycles. The van der Waals surface area contributed by atoms with Crippen molar-refractivity contribution in [3.8, 4) is 10.7 Å². The molecular formula is C19H15ClF3N5OS. The minimum atomic E-state index is -4.74. The van der Waals surface area contributed by atoms with E-state index in [1.165, 1.54) is 6.07 Å². The van der Waals surface area contributed by atoms with Gasteiger partial charge in [0.25, 0.3) is 5.91 Å². The number of carbonyl (C=O) groups excluding carboxylic acids is 1. The lowest BCUT2D eigenvalue weighted by molar-refractivity contribution is -0.141. The minimum absolute atomic E-state index is 0.169. The summed E-state index contributed by atoms with van der Waals surface area (Å²) in [6.07, 6.45) is -1.45. The molecule has 0 N–H and O–H groups in total. The van der Waals surface area contributed by atoms with Crippen molar-refractivity contribution in [2.45, 2.75) is 44.1 Å². The van der Waals surface area contributed by atoms with Gasteiger partial charge < -0.3 is 9.47 Å². The van der Waals surface area contributed by atoms with Crippen LogP contribution >= 0.6 is 22.9 Å². The van der Waals surface area contributed by atoms with E-state index in [2.05, 4.69) is 15.2 Å². The first-order chi connectivity index (χ1) is 14.4. The van der Waals surface area contributed by atoms with Crippen LogP contribution in [0.1, 0.15) is 47.2 Å². The van der Waals surface area contributed by atoms with E-state index in [0.717, 1.165) is 29.7 Å². The Morgan fingerprint density at radius 3 is 2.80 bits per heavy atom. The molecule has 5 rings (SSSR count). The number of hydrogen-bond donors (Lipinski definition) is 0. The third kappa shape index (κ3) is 3.01. The smallest absolute Gasteiger partial charge is 0.324 e. The first kappa shape index (κ1) is 19.5. The average Bonchev–Trinajstić information content (AvgIpc) is 3.35. The highest BCUT2D eigenvalue weighted by Crippen LogP contribution is 2.42. The quantitative estimate of drug-likeness (QED) is 0.558. The number of fused-ring (bicyclic) bond motifs is 4. The second kappa shape index (κ2) is 7.05. The Morgan fingerprint density at radius 2 is 2.07 bits per heavy atom. The molecular weight excluding hydrogens is 439 g/mol. The molecule has 3 aromatic heterocycles. The van der Waals surface area contributed by atoms with Gasteiger partial charge in [-0.05, 0) is 36.8 Å². The lowest BCUT2D eigenvalue weighted by atomic mass is 9.91. The Bertz CT molecular complexity index is 1110. The standard InChI is InChI=1S/C19H15ClF3N5OS/c20-14-11(6-7-24-15(14)19(21,22)23)18(29)28-10-3-1-4-12(28)16-25-26-17(27(16)9-10)13-5-2-8-30-13/h2,5-8,10,12H,1,3-4,9H2/t10-,12+/m1/s1. The van der Waals surface area contributed by atoms with Gasteiger partial charge in [-0.15, -0.1) is 21.5 Å². The van der Waals surface area contributed by atoms with Crippen molar-refractivity contribution in [1.82, 2.24) is 24.6 Å². The zero-order chi connectivity index (χ0) is 21.0. The van der Waals surface area contributed by atoms with Gasteiger partial charge in [0.1, 0.15) is 0 Å². The molecule has 2 atom stereocenters. The third-order valence-corrected chi connectivity index (χ3v) is 6.83. The van der Waals surface area contributed by atoms with E-state index >= 15 is 0 Å². The summed E-state index contributed by atoms with van der Waals surface area (Å²) in [5, 5.41) is 9.96. The van der Waals surface area contributed by atoms with E-state index < -0.39 is 22.8 Å². The molecule has 1 saturated heterocycles. The van der Waals surface area contributed by atoms with Crippen LogP contribution < -0.4 is 0 Å². The van der Waals surface area contributed by atoms with Gasteiger partial charge in [-0.2, -0.15) is 13.2 Å². The van der Waals surface area contributed by atoms with Gasteiger partial charge in [0, 0.05) is 12.7 Å². The monoisotopic (exact) mass is 453 g/mol. The maximum Gasteiger partial charge on any atom is 0.434 e. The fourth-order valence-electron chi connectivity index (χ4n) is 4.31. The van der Waals surface area contributed by atoms with Crippen molar-refractivity contribution in [2.24, 2.45) is 0 Å². The summed E-state index contributed by atoms with van der Waals surface area (Å²) in [6.45, 7) is 0.493. The minimum Gasteiger partial charge on any atom is -0.324 e. The molecule has 1 fully saturated rings. The normalized spacial score (nSPS) is 20.9. The molecule has 2 bridgehead atoms. The molecule has 156 valence electrons. The van der Waals surface area contributed by atoms with Crippen LogP contribution in [0.15, 0.2) is 29.8 Å². The van der Waals surface area contributed by atoms with E-state index in [4.69, 9.17) is 11.6 Å². The first-order valence-corrected chi connectivity index (χ1v) is 10.6. The van der Waals surface area contributed by atoms with Crippen molar-refractivity contribution in [3.05, 3.63) is 51.9 Å². The molecule has 0 radical (unpaired) electrons. The molecule has 11 heteroatoms. The van der Waals surface area contributed by atoms with Gasteiger partial charge in [-0.1, -0.05) is 17.7 Å². The average molecular weight is 454 g/mol. The maximum absolute atomic E-state index is 13.3. The van der Waals surface area contributed by atoms with Crippen molar-refractivity contribution in [2.75, 3.05) is 0 Å². The van der Waals surface area contributed by atoms with E-state index in [0.29, 0.717) is 18.8 Å². The molecule has 2 aliphatic heterocycles. The number of halogens is 4. The fraction of sp³-hybridized carbons (Fsp3) is 0.368. The Labute approximate surface area is 178 Å². The van der Waals surface area contributed by atoms with E-state index in [-0.39, 0.29) is 17.6 Å². The van der Waals surface area contributed by atoms with Gasteiger partial charge in [0.15, 0.2) is 17.3 Å². The fourth-order valence-corrected chi connectivity index (χ4v) is 5.32. The Balaban J connectivity index is 1.55. The number of nitrogens with zero attached hydrogens (tertiary/aromatic N) is 5. The van der Waals surface area contributed by atoms with Crippen LogP contribution in [-0.2, 0) is 12.7 Å². The third-order valence-electron chi connectivity index (χ3n) is 5.58. The predicted octanol–water partition coefficient (Wildman–Crippen LogP) is 4.82. The second-order valence-corrected chi connectivity index (χ2v) is 8.63. The number of piperidine rings is 1. The lowest BCUT2D eigenvalue weighted by Gasteiger charge is -2.45. The van der Waals surface area contributed by atoms with Crippen molar-refractivity contribution in [1.29, 1.82) is 0 Å². The highest BCUT2D eigenvalue weighted by atomic mass is 35.5. The Kier molecular flexibility index (Phi) is 4.59. The highest BCUT2D eigenvalue weighted by molar-refractivity contribution is 7.13. The number of carbonyl (C=O) groups is 1. The molecule has 2 aliphatic rings. The Morgan fingerprint density at radius 1 is 1.23 bits per heavy atom. The molecule has 0 unspecified atom stereocenters. The molecule has 0 saturated carbocycles. The van der Waals surface area contributed by atoms with E-state index in [1.807, 2.05) is 22.1 Å². The maximum atomic E-state index is 13.3. The molecule has 5 heterocycles. The molecule has 1 amide bonds. The molecule has 6 nitrogen and oxygen atoms in total. The largest absolute Gasteiger partial charge is 0.434 e. The van der Waals surface area contributed by atoms with Crippen molar-refractivity contribution in [3.63, 3.8) is 0 Å². The SMILES string of the molecule is O=C(c1ccnc(C(F)(F)F)c1Cl)N1[C@@H]2CCC[C@H]1c1nnc(-c3cccs3)n1C2. The van der Waals surface area contributed by atoms with Crippen LogP contribution in [-0.4, -0.2) is 36.6 Å². The summed E-state index contributed by atoms with van der Waals surface area (Å²) in [5.41, 5.74) is -1.44. The number of rotatable bonds is 2. The molecule has 0 aromatic carbocycles. The van der Waals surface area contributed by atoms with Crippen LogP contribution in [0.25, 0.3) is 10.7 Å². The van der Waals surface area contributed by atoms with Crippen LogP contribution in [0.2, 0.25) is 5.02 Å². The lowest BCUT2D eigenvalue weighted by Crippen LogP contribution is -2.52. The van der Waals surface area contributed by atoms with Crippen LogP contribution in [0.4, 0.5) is 13.2 Å². The number of amides is 1. The Hall–Kier alpha value is -2.46. The summed E-state index contributed by atoms with van der Waals surface area (Å²) < 4.78 is 41.6. The number of pyridine rings is 1. The van der Waals surface area contributed by atoms with Crippen molar-refractivity contribution >= 4 is 28.8 Å². The van der Waals surface area contributed by atoms with E-state index in [9.17, 15) is 18.0 Å². The molecule has 3 aromatic rings. The van der Waals surface area contributed by atoms with Gasteiger partial charge in [0.05, 0.1) is 27.5 Å². The van der Waals surface area contributed by atoms with Gasteiger partial charge in [-0.3, -0.25) is 9.78 Å². The van der Waals surface area contributed by atoms with Crippen LogP contribution in [0.5, 0.6) is 0 Å². The van der Waals surface area contributed by atoms with Gasteiger partial charge in [-0.25, -0.2) is 0 Å². The van der Waals surface area contributed by atoms with E-state index in [1.54, 1.807) is 16.2 Å². The predicted molar refractivity (Wildman–Crippen MR) is 104 cm³/mol. The molecule has 30 heavy (non-hydrogen) atoms. The highest BCUT2D eigenvalue weighted by Gasteiger charge is 2.44. The first-order valence-electron chi connectivity index (χ1n) is 9.37. The zero-order valence-electron chi connectivity index (χ0n) is 15.4. The topological polar surface area (TPSA) is 63.9 Å². The summed E-state index contributed by atoms with van der Waals surface area (Å²) in [4.78, 5) is 19.3. The van der Waals surface area contributed by atoms with Crippen LogP contribution in [0.3, 0.4) is 0 Å². The van der Waals surface area contributed by atoms with Gasteiger partial charge in [0.2, 0.25) is 0 Å². The number of aromatic nitrogens is 4. The van der Waals surface area contributed by atoms with Crippen LogP contribution in [0, 0.1) is 0 Å². The second-order valence-electron chi connectivity index (χ2n) is 7.30. The summed E-state index contributed by atoms with van der Waals surface area (Å²) in [7, 11) is 0. The number of hydrogen-bond acceptors (Lipinski definition) is 5. The van der Waals surface area contributed by atoms with Crippen molar-refractivity contribution < 1.29 is 18.0 Å². The number of alkyl halides is 3. The summed E-state index contributed by atoms with van der Waals surface area (Å²) in [6, 6.07) is 4.61. The molecule has 0 spiro atoms. The van der Waals surface area contributed by atoms with Gasteiger partial charge >= 0.3 is 6.18 Å². The summed E-state index contributed by atoms with van der Waals surface area (Å²) in [5.74, 6) is 0.878.